The van der Waals surface area contributed by atoms with E-state index >= 15 is 0 Å². The summed E-state index contributed by atoms with van der Waals surface area (Å²) in [7, 11) is 0. The number of fused-ring (bicyclic) bond motifs is 2. The van der Waals surface area contributed by atoms with Gasteiger partial charge in [-0.15, -0.1) is 0 Å². The third-order valence-corrected chi connectivity index (χ3v) is 4.87. The van der Waals surface area contributed by atoms with Crippen molar-refractivity contribution in [3.05, 3.63) is 48.0 Å². The van der Waals surface area contributed by atoms with Crippen LogP contribution in [0.2, 0.25) is 0 Å². The quantitative estimate of drug-likeness (QED) is 0.894. The van der Waals surface area contributed by atoms with Crippen molar-refractivity contribution in [2.75, 3.05) is 0 Å². The fraction of sp³-hybridized carbons (Fsp3) is 0.471. The molecule has 1 amide bonds. The predicted octanol–water partition coefficient (Wildman–Crippen LogP) is 1.34. The van der Waals surface area contributed by atoms with Gasteiger partial charge in [-0.1, -0.05) is 18.2 Å². The highest BCUT2D eigenvalue weighted by Gasteiger charge is 2.34. The molecule has 2 fully saturated rings. The fourth-order valence-corrected chi connectivity index (χ4v) is 3.81. The van der Waals surface area contributed by atoms with Crippen LogP contribution in [-0.2, 0) is 6.54 Å². The minimum Gasteiger partial charge on any atom is -0.349 e. The molecule has 2 aliphatic rings. The second-order valence-corrected chi connectivity index (χ2v) is 6.53. The standard InChI is InChI=1S/C17H21N5O/c23-17(21-15-7-13-5-6-14(8-15)20-13)16-4-2-1-3-12(16)9-22-11-18-10-19-22/h1-4,10-11,13-15,20H,5-9H2,(H,21,23). The van der Waals surface area contributed by atoms with E-state index in [9.17, 15) is 4.79 Å². The minimum atomic E-state index is 0.0204. The van der Waals surface area contributed by atoms with Gasteiger partial charge in [0.25, 0.3) is 5.91 Å². The number of benzene rings is 1. The van der Waals surface area contributed by atoms with Crippen LogP contribution in [0.25, 0.3) is 0 Å². The van der Waals surface area contributed by atoms with Crippen LogP contribution in [-0.4, -0.2) is 38.8 Å². The third kappa shape index (κ3) is 3.12. The largest absolute Gasteiger partial charge is 0.349 e. The lowest BCUT2D eigenvalue weighted by Gasteiger charge is -2.29. The monoisotopic (exact) mass is 311 g/mol. The molecule has 2 bridgehead atoms. The van der Waals surface area contributed by atoms with E-state index in [1.165, 1.54) is 19.2 Å². The van der Waals surface area contributed by atoms with Gasteiger partial charge in [0.05, 0.1) is 6.54 Å². The summed E-state index contributed by atoms with van der Waals surface area (Å²) in [6, 6.07) is 9.15. The van der Waals surface area contributed by atoms with Crippen LogP contribution in [0.1, 0.15) is 41.6 Å². The van der Waals surface area contributed by atoms with Crippen molar-refractivity contribution in [3.8, 4) is 0 Å². The van der Waals surface area contributed by atoms with Crippen LogP contribution < -0.4 is 10.6 Å². The highest BCUT2D eigenvalue weighted by Crippen LogP contribution is 2.27. The highest BCUT2D eigenvalue weighted by molar-refractivity contribution is 5.95. The van der Waals surface area contributed by atoms with Crippen molar-refractivity contribution in [3.63, 3.8) is 0 Å². The molecule has 0 aliphatic carbocycles. The Bertz CT molecular complexity index is 672. The summed E-state index contributed by atoms with van der Waals surface area (Å²) in [4.78, 5) is 16.7. The summed E-state index contributed by atoms with van der Waals surface area (Å²) < 4.78 is 1.73. The Balaban J connectivity index is 1.47. The summed E-state index contributed by atoms with van der Waals surface area (Å²) in [5, 5.41) is 11.0. The molecule has 6 nitrogen and oxygen atoms in total. The van der Waals surface area contributed by atoms with Gasteiger partial charge in [-0.05, 0) is 37.3 Å². The molecule has 2 unspecified atom stereocenters. The summed E-state index contributed by atoms with van der Waals surface area (Å²) >= 11 is 0. The first-order valence-electron chi connectivity index (χ1n) is 8.25. The molecule has 0 spiro atoms. The normalized spacial score (nSPS) is 26.2. The Hall–Kier alpha value is -2.21. The number of aromatic nitrogens is 3. The van der Waals surface area contributed by atoms with E-state index in [0.717, 1.165) is 24.0 Å². The first-order chi connectivity index (χ1) is 11.3. The van der Waals surface area contributed by atoms with Gasteiger partial charge in [0.2, 0.25) is 0 Å². The molecule has 120 valence electrons. The van der Waals surface area contributed by atoms with Crippen LogP contribution in [0.5, 0.6) is 0 Å². The molecular weight excluding hydrogens is 290 g/mol. The number of hydrogen-bond donors (Lipinski definition) is 2. The third-order valence-electron chi connectivity index (χ3n) is 4.87. The van der Waals surface area contributed by atoms with Gasteiger partial charge in [0.15, 0.2) is 0 Å². The predicted molar refractivity (Wildman–Crippen MR) is 86.0 cm³/mol. The number of carbonyl (C=O) groups is 1. The van der Waals surface area contributed by atoms with Crippen molar-refractivity contribution < 1.29 is 4.79 Å². The van der Waals surface area contributed by atoms with E-state index in [-0.39, 0.29) is 11.9 Å². The Morgan fingerprint density at radius 3 is 2.78 bits per heavy atom. The number of carbonyl (C=O) groups excluding carboxylic acids is 1. The minimum absolute atomic E-state index is 0.0204. The molecule has 1 aromatic heterocycles. The van der Waals surface area contributed by atoms with Crippen molar-refractivity contribution in [1.82, 2.24) is 25.4 Å². The number of nitrogens with one attached hydrogen (secondary N) is 2. The van der Waals surface area contributed by atoms with E-state index in [4.69, 9.17) is 0 Å². The van der Waals surface area contributed by atoms with Gasteiger partial charge in [0, 0.05) is 23.7 Å². The average molecular weight is 311 g/mol. The van der Waals surface area contributed by atoms with Gasteiger partial charge in [0.1, 0.15) is 12.7 Å². The Morgan fingerprint density at radius 2 is 2.04 bits per heavy atom. The molecule has 4 rings (SSSR count). The number of hydrogen-bond acceptors (Lipinski definition) is 4. The maximum Gasteiger partial charge on any atom is 0.251 e. The van der Waals surface area contributed by atoms with E-state index in [1.54, 1.807) is 11.0 Å². The van der Waals surface area contributed by atoms with Crippen molar-refractivity contribution in [2.45, 2.75) is 50.4 Å². The number of piperidine rings is 1. The van der Waals surface area contributed by atoms with Crippen LogP contribution in [0.3, 0.4) is 0 Å². The SMILES string of the molecule is O=C(NC1CC2CCC(C1)N2)c1ccccc1Cn1cncn1. The molecule has 3 heterocycles. The molecule has 6 heteroatoms. The molecule has 2 atom stereocenters. The smallest absolute Gasteiger partial charge is 0.251 e. The van der Waals surface area contributed by atoms with Crippen LogP contribution in [0, 0.1) is 0 Å². The molecule has 2 N–H and O–H groups in total. The second-order valence-electron chi connectivity index (χ2n) is 6.53. The van der Waals surface area contributed by atoms with E-state index in [0.29, 0.717) is 18.6 Å². The first-order valence-corrected chi connectivity index (χ1v) is 8.25. The summed E-state index contributed by atoms with van der Waals surface area (Å²) in [5.74, 6) is 0.0204. The lowest BCUT2D eigenvalue weighted by molar-refractivity contribution is 0.0923. The zero-order chi connectivity index (χ0) is 15.6. The van der Waals surface area contributed by atoms with E-state index < -0.39 is 0 Å². The van der Waals surface area contributed by atoms with Crippen molar-refractivity contribution in [1.29, 1.82) is 0 Å². The molecule has 2 aliphatic heterocycles. The van der Waals surface area contributed by atoms with E-state index in [1.807, 2.05) is 24.3 Å². The van der Waals surface area contributed by atoms with Gasteiger partial charge in [-0.2, -0.15) is 5.10 Å². The zero-order valence-electron chi connectivity index (χ0n) is 13.0. The van der Waals surface area contributed by atoms with Gasteiger partial charge < -0.3 is 10.6 Å². The van der Waals surface area contributed by atoms with Crippen LogP contribution >= 0.6 is 0 Å². The number of rotatable bonds is 4. The van der Waals surface area contributed by atoms with Crippen LogP contribution in [0.15, 0.2) is 36.9 Å². The molecule has 23 heavy (non-hydrogen) atoms. The summed E-state index contributed by atoms with van der Waals surface area (Å²) in [6.45, 7) is 0.557. The first kappa shape index (κ1) is 14.4. The van der Waals surface area contributed by atoms with Gasteiger partial charge in [-0.3, -0.25) is 4.79 Å². The topological polar surface area (TPSA) is 71.8 Å². The average Bonchev–Trinajstić information content (AvgIpc) is 3.17. The molecular formula is C17H21N5O. The molecule has 1 aromatic carbocycles. The van der Waals surface area contributed by atoms with Crippen molar-refractivity contribution >= 4 is 5.91 Å². The maximum atomic E-state index is 12.7. The fourth-order valence-electron chi connectivity index (χ4n) is 3.81. The van der Waals surface area contributed by atoms with Gasteiger partial charge >= 0.3 is 0 Å². The Morgan fingerprint density at radius 1 is 1.26 bits per heavy atom. The van der Waals surface area contributed by atoms with Gasteiger partial charge in [-0.25, -0.2) is 9.67 Å². The maximum absolute atomic E-state index is 12.7. The summed E-state index contributed by atoms with van der Waals surface area (Å²) in [6.07, 6.45) is 7.72. The number of nitrogens with zero attached hydrogens (tertiary/aromatic N) is 3. The molecule has 0 saturated carbocycles. The second kappa shape index (κ2) is 6.12. The number of amides is 1. The van der Waals surface area contributed by atoms with Crippen LogP contribution in [0.4, 0.5) is 0 Å². The zero-order valence-corrected chi connectivity index (χ0v) is 13.0. The van der Waals surface area contributed by atoms with E-state index in [2.05, 4.69) is 20.7 Å². The molecule has 0 radical (unpaired) electrons. The lowest BCUT2D eigenvalue weighted by atomic mass is 9.98. The Kier molecular flexibility index (Phi) is 3.83. The summed E-state index contributed by atoms with van der Waals surface area (Å²) in [5.41, 5.74) is 1.70. The Labute approximate surface area is 135 Å². The van der Waals surface area contributed by atoms with Crippen molar-refractivity contribution in [2.24, 2.45) is 0 Å². The lowest BCUT2D eigenvalue weighted by Crippen LogP contribution is -2.48. The molecule has 2 aromatic rings. The molecule has 2 saturated heterocycles. The highest BCUT2D eigenvalue weighted by atomic mass is 16.1.